The van der Waals surface area contributed by atoms with E-state index in [0.717, 1.165) is 0 Å². The summed E-state index contributed by atoms with van der Waals surface area (Å²) in [6.45, 7) is 5.89. The number of hydrogen-bond acceptors (Lipinski definition) is 2. The first-order valence-corrected chi connectivity index (χ1v) is 7.10. The molecule has 2 atom stereocenters. The van der Waals surface area contributed by atoms with Crippen molar-refractivity contribution in [1.82, 2.24) is 5.32 Å². The van der Waals surface area contributed by atoms with Crippen LogP contribution in [0.3, 0.4) is 0 Å². The molecule has 1 rings (SSSR count). The predicted octanol–water partition coefficient (Wildman–Crippen LogP) is 2.84. The normalized spacial score (nSPS) is 14.1. The fourth-order valence-corrected chi connectivity index (χ4v) is 2.24. The first kappa shape index (κ1) is 16.6. The average molecular weight is 281 g/mol. The molecule has 0 aliphatic rings. The van der Waals surface area contributed by atoms with E-state index in [-0.39, 0.29) is 42.6 Å². The van der Waals surface area contributed by atoms with E-state index < -0.39 is 0 Å². The molecule has 20 heavy (non-hydrogen) atoms. The maximum atomic E-state index is 13.6. The number of halogens is 1. The van der Waals surface area contributed by atoms with Crippen molar-refractivity contribution in [2.24, 2.45) is 5.92 Å². The molecule has 2 unspecified atom stereocenters. The molecular weight excluding hydrogens is 257 g/mol. The van der Waals surface area contributed by atoms with Gasteiger partial charge in [0.05, 0.1) is 0 Å². The van der Waals surface area contributed by atoms with E-state index in [1.54, 1.807) is 18.2 Å². The van der Waals surface area contributed by atoms with Gasteiger partial charge in [0.15, 0.2) is 0 Å². The maximum absolute atomic E-state index is 13.6. The van der Waals surface area contributed by atoms with Gasteiger partial charge in [-0.05, 0) is 29.9 Å². The smallest absolute Gasteiger partial charge is 0.220 e. The minimum absolute atomic E-state index is 0.0414. The molecule has 4 heteroatoms. The Morgan fingerprint density at radius 2 is 1.95 bits per heavy atom. The number of rotatable bonds is 7. The highest BCUT2D eigenvalue weighted by atomic mass is 19.1. The molecule has 0 aromatic heterocycles. The molecule has 3 nitrogen and oxygen atoms in total. The van der Waals surface area contributed by atoms with Crippen LogP contribution in [0.2, 0.25) is 0 Å². The summed E-state index contributed by atoms with van der Waals surface area (Å²) in [5.41, 5.74) is 0.561. The van der Waals surface area contributed by atoms with Gasteiger partial charge in [0, 0.05) is 19.1 Å². The van der Waals surface area contributed by atoms with E-state index in [4.69, 9.17) is 5.11 Å². The molecule has 0 heterocycles. The second kappa shape index (κ2) is 8.00. The van der Waals surface area contributed by atoms with Gasteiger partial charge in [0.25, 0.3) is 0 Å². The van der Waals surface area contributed by atoms with Crippen LogP contribution >= 0.6 is 0 Å². The Kier molecular flexibility index (Phi) is 6.65. The van der Waals surface area contributed by atoms with Crippen LogP contribution in [0, 0.1) is 11.7 Å². The third-order valence-electron chi connectivity index (χ3n) is 3.52. The number of hydrogen-bond donors (Lipinski definition) is 2. The lowest BCUT2D eigenvalue weighted by atomic mass is 9.95. The summed E-state index contributed by atoms with van der Waals surface area (Å²) in [5, 5.41) is 11.9. The van der Waals surface area contributed by atoms with Gasteiger partial charge in [0.1, 0.15) is 5.82 Å². The molecule has 0 aliphatic heterocycles. The minimum atomic E-state index is -0.274. The van der Waals surface area contributed by atoms with Crippen LogP contribution in [0.15, 0.2) is 24.3 Å². The molecule has 1 aromatic rings. The van der Waals surface area contributed by atoms with Crippen molar-refractivity contribution in [1.29, 1.82) is 0 Å². The first-order chi connectivity index (χ1) is 9.45. The molecule has 0 radical (unpaired) electrons. The fraction of sp³-hybridized carbons (Fsp3) is 0.562. The number of nitrogens with one attached hydrogen (secondary N) is 1. The molecule has 0 bridgehead atoms. The molecular formula is C16H24FNO2. The van der Waals surface area contributed by atoms with E-state index in [2.05, 4.69) is 5.32 Å². The van der Waals surface area contributed by atoms with Crippen molar-refractivity contribution in [2.75, 3.05) is 6.61 Å². The monoisotopic (exact) mass is 281 g/mol. The number of aliphatic hydroxyl groups excluding tert-OH is 1. The molecule has 112 valence electrons. The van der Waals surface area contributed by atoms with E-state index >= 15 is 0 Å². The van der Waals surface area contributed by atoms with Gasteiger partial charge in [-0.25, -0.2) is 4.39 Å². The number of amides is 1. The van der Waals surface area contributed by atoms with Crippen molar-refractivity contribution >= 4 is 5.91 Å². The van der Waals surface area contributed by atoms with Gasteiger partial charge in [-0.15, -0.1) is 0 Å². The highest BCUT2D eigenvalue weighted by Gasteiger charge is 2.19. The van der Waals surface area contributed by atoms with Crippen LogP contribution in [0.5, 0.6) is 0 Å². The number of carbonyl (C=O) groups is 1. The average Bonchev–Trinajstić information content (AvgIpc) is 2.38. The van der Waals surface area contributed by atoms with Gasteiger partial charge in [-0.1, -0.05) is 39.0 Å². The summed E-state index contributed by atoms with van der Waals surface area (Å²) in [7, 11) is 0. The van der Waals surface area contributed by atoms with Crippen molar-refractivity contribution in [2.45, 2.75) is 45.6 Å². The van der Waals surface area contributed by atoms with Crippen LogP contribution in [-0.2, 0) is 4.79 Å². The SMILES string of the molecule is CC(CC(=O)NC(CCO)C(C)C)c1ccccc1F. The van der Waals surface area contributed by atoms with E-state index in [1.807, 2.05) is 20.8 Å². The second-order valence-corrected chi connectivity index (χ2v) is 5.56. The third-order valence-corrected chi connectivity index (χ3v) is 3.52. The van der Waals surface area contributed by atoms with Gasteiger partial charge >= 0.3 is 0 Å². The minimum Gasteiger partial charge on any atom is -0.396 e. The first-order valence-electron chi connectivity index (χ1n) is 7.10. The van der Waals surface area contributed by atoms with Crippen molar-refractivity contribution in [3.8, 4) is 0 Å². The van der Waals surface area contributed by atoms with Gasteiger partial charge < -0.3 is 10.4 Å². The summed E-state index contributed by atoms with van der Waals surface area (Å²) < 4.78 is 13.6. The number of benzene rings is 1. The summed E-state index contributed by atoms with van der Waals surface area (Å²) >= 11 is 0. The molecule has 0 saturated heterocycles. The van der Waals surface area contributed by atoms with Crippen molar-refractivity contribution in [3.63, 3.8) is 0 Å². The highest BCUT2D eigenvalue weighted by Crippen LogP contribution is 2.22. The zero-order chi connectivity index (χ0) is 15.1. The van der Waals surface area contributed by atoms with Gasteiger partial charge in [-0.2, -0.15) is 0 Å². The zero-order valence-electron chi connectivity index (χ0n) is 12.4. The summed E-state index contributed by atoms with van der Waals surface area (Å²) in [5.74, 6) is -0.288. The van der Waals surface area contributed by atoms with Crippen LogP contribution < -0.4 is 5.32 Å². The molecule has 2 N–H and O–H groups in total. The molecule has 1 aromatic carbocycles. The largest absolute Gasteiger partial charge is 0.396 e. The lowest BCUT2D eigenvalue weighted by molar-refractivity contribution is -0.122. The molecule has 0 fully saturated rings. The predicted molar refractivity (Wildman–Crippen MR) is 77.9 cm³/mol. The van der Waals surface area contributed by atoms with Crippen molar-refractivity contribution < 1.29 is 14.3 Å². The lowest BCUT2D eigenvalue weighted by Gasteiger charge is -2.22. The standard InChI is InChI=1S/C16H24FNO2/c1-11(2)15(8-9-19)18-16(20)10-12(3)13-6-4-5-7-14(13)17/h4-7,11-12,15,19H,8-10H2,1-3H3,(H,18,20). The number of carbonyl (C=O) groups excluding carboxylic acids is 1. The van der Waals surface area contributed by atoms with Crippen LogP contribution in [-0.4, -0.2) is 23.7 Å². The summed E-state index contributed by atoms with van der Waals surface area (Å²) in [4.78, 5) is 12.0. The summed E-state index contributed by atoms with van der Waals surface area (Å²) in [6, 6.07) is 6.49. The Morgan fingerprint density at radius 3 is 2.50 bits per heavy atom. The van der Waals surface area contributed by atoms with Crippen molar-refractivity contribution in [3.05, 3.63) is 35.6 Å². The van der Waals surface area contributed by atoms with Crippen LogP contribution in [0.1, 0.15) is 45.1 Å². The second-order valence-electron chi connectivity index (χ2n) is 5.56. The quantitative estimate of drug-likeness (QED) is 0.807. The maximum Gasteiger partial charge on any atom is 0.220 e. The van der Waals surface area contributed by atoms with Crippen LogP contribution in [0.25, 0.3) is 0 Å². The molecule has 0 aliphatic carbocycles. The van der Waals surface area contributed by atoms with E-state index in [0.29, 0.717) is 12.0 Å². The zero-order valence-corrected chi connectivity index (χ0v) is 12.4. The Hall–Kier alpha value is -1.42. The third kappa shape index (κ3) is 4.93. The van der Waals surface area contributed by atoms with Crippen LogP contribution in [0.4, 0.5) is 4.39 Å². The Balaban J connectivity index is 2.59. The van der Waals surface area contributed by atoms with Gasteiger partial charge in [-0.3, -0.25) is 4.79 Å². The summed E-state index contributed by atoms with van der Waals surface area (Å²) in [6.07, 6.45) is 0.785. The number of aliphatic hydroxyl groups is 1. The Labute approximate surface area is 120 Å². The highest BCUT2D eigenvalue weighted by molar-refractivity contribution is 5.77. The Morgan fingerprint density at radius 1 is 1.30 bits per heavy atom. The molecule has 1 amide bonds. The molecule has 0 spiro atoms. The van der Waals surface area contributed by atoms with E-state index in [9.17, 15) is 9.18 Å². The lowest BCUT2D eigenvalue weighted by Crippen LogP contribution is -2.39. The Bertz CT molecular complexity index is 434. The fourth-order valence-electron chi connectivity index (χ4n) is 2.24. The topological polar surface area (TPSA) is 49.3 Å². The van der Waals surface area contributed by atoms with Gasteiger partial charge in [0.2, 0.25) is 5.91 Å². The molecule has 0 saturated carbocycles. The van der Waals surface area contributed by atoms with E-state index in [1.165, 1.54) is 6.07 Å².